The first-order chi connectivity index (χ1) is 14.9. The molecule has 3 aromatic rings. The lowest BCUT2D eigenvalue weighted by Gasteiger charge is -2.24. The topological polar surface area (TPSA) is 100 Å². The average Bonchev–Trinajstić information content (AvgIpc) is 3.38. The smallest absolute Gasteiger partial charge is 0.296 e. The number of aliphatic hydroxyl groups is 1. The van der Waals surface area contributed by atoms with Gasteiger partial charge in [-0.2, -0.15) is 0 Å². The summed E-state index contributed by atoms with van der Waals surface area (Å²) in [4.78, 5) is 27.2. The van der Waals surface area contributed by atoms with Crippen LogP contribution < -0.4 is 4.74 Å². The fraction of sp³-hybridized carbons (Fsp3) is 0.130. The molecule has 8 heteroatoms. The first-order valence-electron chi connectivity index (χ1n) is 9.34. The normalized spacial score (nSPS) is 17.9. The molecule has 2 aromatic carbocycles. The summed E-state index contributed by atoms with van der Waals surface area (Å²) < 4.78 is 10.5. The number of phenols is 1. The summed E-state index contributed by atoms with van der Waals surface area (Å²) in [5.74, 6) is -1.14. The Hall–Kier alpha value is -3.71. The van der Waals surface area contributed by atoms with Crippen molar-refractivity contribution in [1.29, 1.82) is 0 Å². The highest BCUT2D eigenvalue weighted by Gasteiger charge is 2.46. The van der Waals surface area contributed by atoms with Crippen LogP contribution in [0.1, 0.15) is 22.9 Å². The number of furan rings is 1. The Balaban J connectivity index is 1.89. The van der Waals surface area contributed by atoms with Gasteiger partial charge in [0.05, 0.1) is 36.6 Å². The van der Waals surface area contributed by atoms with Gasteiger partial charge in [0.15, 0.2) is 0 Å². The third kappa shape index (κ3) is 3.75. The van der Waals surface area contributed by atoms with Gasteiger partial charge in [-0.3, -0.25) is 9.59 Å². The van der Waals surface area contributed by atoms with E-state index in [2.05, 4.69) is 0 Å². The van der Waals surface area contributed by atoms with Crippen molar-refractivity contribution in [2.45, 2.75) is 12.6 Å². The zero-order chi connectivity index (χ0) is 22.1. The van der Waals surface area contributed by atoms with E-state index in [4.69, 9.17) is 20.8 Å². The number of Topliss-reactive ketones (excluding diaryl/α,β-unsaturated/α-hetero) is 1. The summed E-state index contributed by atoms with van der Waals surface area (Å²) >= 11 is 6.09. The maximum Gasteiger partial charge on any atom is 0.296 e. The van der Waals surface area contributed by atoms with E-state index in [9.17, 15) is 19.8 Å². The summed E-state index contributed by atoms with van der Waals surface area (Å²) in [6, 6.07) is 13.3. The van der Waals surface area contributed by atoms with Crippen LogP contribution in [0.25, 0.3) is 5.76 Å². The molecule has 2 N–H and O–H groups in total. The number of hydrogen-bond acceptors (Lipinski definition) is 6. The summed E-state index contributed by atoms with van der Waals surface area (Å²) in [6.45, 7) is 0.00955. The Kier molecular flexibility index (Phi) is 5.44. The van der Waals surface area contributed by atoms with E-state index in [-0.39, 0.29) is 28.6 Å². The molecule has 0 radical (unpaired) electrons. The van der Waals surface area contributed by atoms with E-state index in [1.54, 1.807) is 42.5 Å². The van der Waals surface area contributed by atoms with Crippen LogP contribution in [-0.2, 0) is 16.1 Å². The number of nitrogens with zero attached hydrogens (tertiary/aromatic N) is 1. The average molecular weight is 440 g/mol. The molecule has 0 saturated carbocycles. The number of amides is 1. The Bertz CT molecular complexity index is 1180. The van der Waals surface area contributed by atoms with E-state index in [0.29, 0.717) is 22.6 Å². The lowest BCUT2D eigenvalue weighted by molar-refractivity contribution is -0.140. The zero-order valence-electron chi connectivity index (χ0n) is 16.4. The van der Waals surface area contributed by atoms with Crippen LogP contribution in [0.2, 0.25) is 5.02 Å². The number of benzene rings is 2. The molecule has 1 saturated heterocycles. The number of carbonyl (C=O) groups excluding carboxylic acids is 2. The van der Waals surface area contributed by atoms with Crippen molar-refractivity contribution >= 4 is 29.1 Å². The van der Waals surface area contributed by atoms with E-state index in [1.807, 2.05) is 0 Å². The predicted molar refractivity (Wildman–Crippen MR) is 113 cm³/mol. The third-order valence-corrected chi connectivity index (χ3v) is 5.38. The molecule has 158 valence electrons. The molecule has 2 heterocycles. The summed E-state index contributed by atoms with van der Waals surface area (Å²) in [6.07, 6.45) is 1.47. The monoisotopic (exact) mass is 439 g/mol. The minimum atomic E-state index is -0.936. The maximum absolute atomic E-state index is 13.0. The van der Waals surface area contributed by atoms with E-state index >= 15 is 0 Å². The van der Waals surface area contributed by atoms with Gasteiger partial charge in [-0.15, -0.1) is 0 Å². The predicted octanol–water partition coefficient (Wildman–Crippen LogP) is 4.27. The summed E-state index contributed by atoms with van der Waals surface area (Å²) in [7, 11) is 1.49. The Labute approximate surface area is 182 Å². The van der Waals surface area contributed by atoms with Crippen LogP contribution in [0.15, 0.2) is 70.9 Å². The number of halogens is 1. The quantitative estimate of drug-likeness (QED) is 0.350. The van der Waals surface area contributed by atoms with Crippen molar-refractivity contribution in [1.82, 2.24) is 4.90 Å². The number of aliphatic hydroxyl groups excluding tert-OH is 1. The van der Waals surface area contributed by atoms with Crippen molar-refractivity contribution in [2.24, 2.45) is 0 Å². The summed E-state index contributed by atoms with van der Waals surface area (Å²) in [5, 5.41) is 20.9. The number of aromatic hydroxyl groups is 1. The molecular formula is C23H18ClNO6. The number of carbonyl (C=O) groups is 2. The molecular weight excluding hydrogens is 422 g/mol. The van der Waals surface area contributed by atoms with Crippen LogP contribution in [0, 0.1) is 0 Å². The molecule has 1 aromatic heterocycles. The van der Waals surface area contributed by atoms with Crippen molar-refractivity contribution in [3.05, 3.63) is 88.3 Å². The fourth-order valence-electron chi connectivity index (χ4n) is 3.58. The van der Waals surface area contributed by atoms with E-state index in [1.165, 1.54) is 30.4 Å². The fourth-order valence-corrected chi connectivity index (χ4v) is 3.77. The minimum Gasteiger partial charge on any atom is -0.507 e. The molecule has 0 bridgehead atoms. The van der Waals surface area contributed by atoms with Crippen LogP contribution in [0.3, 0.4) is 0 Å². The first-order valence-corrected chi connectivity index (χ1v) is 9.72. The number of likely N-dealkylation sites (tertiary alicyclic amines) is 1. The molecule has 31 heavy (non-hydrogen) atoms. The molecule has 0 spiro atoms. The van der Waals surface area contributed by atoms with E-state index in [0.717, 1.165) is 0 Å². The standard InChI is InChI=1S/C23H18ClNO6/c1-30-15-5-2-4-14(10-15)21(27)19-20(13-7-8-18(26)17(24)11-13)25(23(29)22(19)28)12-16-6-3-9-31-16/h2-11,20,26-27H,12H2,1H3/b21-19-. The Morgan fingerprint density at radius 2 is 1.97 bits per heavy atom. The SMILES string of the molecule is COc1cccc(/C(O)=C2/C(=O)C(=O)N(Cc3ccco3)C2c2ccc(O)c(Cl)c2)c1. The third-order valence-electron chi connectivity index (χ3n) is 5.08. The number of methoxy groups -OCH3 is 1. The largest absolute Gasteiger partial charge is 0.507 e. The molecule has 1 aliphatic heterocycles. The van der Waals surface area contributed by atoms with Gasteiger partial charge in [-0.05, 0) is 42.0 Å². The van der Waals surface area contributed by atoms with E-state index < -0.39 is 17.7 Å². The molecule has 7 nitrogen and oxygen atoms in total. The maximum atomic E-state index is 13.0. The number of ketones is 1. The van der Waals surface area contributed by atoms with Crippen LogP contribution in [0.4, 0.5) is 0 Å². The lowest BCUT2D eigenvalue weighted by Crippen LogP contribution is -2.29. The highest BCUT2D eigenvalue weighted by Crippen LogP contribution is 2.42. The van der Waals surface area contributed by atoms with Crippen molar-refractivity contribution in [3.8, 4) is 11.5 Å². The molecule has 1 fully saturated rings. The second kappa shape index (κ2) is 8.20. The zero-order valence-corrected chi connectivity index (χ0v) is 17.2. The molecule has 4 rings (SSSR count). The summed E-state index contributed by atoms with van der Waals surface area (Å²) in [5.41, 5.74) is 0.690. The van der Waals surface area contributed by atoms with Gasteiger partial charge in [0.25, 0.3) is 11.7 Å². The highest BCUT2D eigenvalue weighted by atomic mass is 35.5. The lowest BCUT2D eigenvalue weighted by atomic mass is 9.95. The number of phenolic OH excluding ortho intramolecular Hbond substituents is 1. The molecule has 1 atom stereocenters. The number of hydrogen-bond donors (Lipinski definition) is 2. The van der Waals surface area contributed by atoms with Crippen LogP contribution >= 0.6 is 11.6 Å². The van der Waals surface area contributed by atoms with Crippen LogP contribution in [-0.4, -0.2) is 33.9 Å². The van der Waals surface area contributed by atoms with Gasteiger partial charge in [0.1, 0.15) is 23.0 Å². The molecule has 0 aliphatic carbocycles. The number of ether oxygens (including phenoxy) is 1. The number of rotatable bonds is 5. The van der Waals surface area contributed by atoms with Gasteiger partial charge in [0, 0.05) is 5.56 Å². The highest BCUT2D eigenvalue weighted by molar-refractivity contribution is 6.46. The van der Waals surface area contributed by atoms with Crippen molar-refractivity contribution in [2.75, 3.05) is 7.11 Å². The van der Waals surface area contributed by atoms with Gasteiger partial charge >= 0.3 is 0 Å². The second-order valence-corrected chi connectivity index (χ2v) is 7.36. The first kappa shape index (κ1) is 20.6. The molecule has 1 aliphatic rings. The second-order valence-electron chi connectivity index (χ2n) is 6.95. The van der Waals surface area contributed by atoms with Crippen LogP contribution in [0.5, 0.6) is 11.5 Å². The molecule has 1 unspecified atom stereocenters. The Morgan fingerprint density at radius 3 is 2.65 bits per heavy atom. The molecule has 1 amide bonds. The van der Waals surface area contributed by atoms with Gasteiger partial charge in [0.2, 0.25) is 0 Å². The van der Waals surface area contributed by atoms with Gasteiger partial charge < -0.3 is 24.3 Å². The van der Waals surface area contributed by atoms with Gasteiger partial charge in [-0.25, -0.2) is 0 Å². The minimum absolute atomic E-state index is 0.00955. The van der Waals surface area contributed by atoms with Crippen molar-refractivity contribution in [3.63, 3.8) is 0 Å². The Morgan fingerprint density at radius 1 is 1.16 bits per heavy atom. The van der Waals surface area contributed by atoms with Crippen molar-refractivity contribution < 1.29 is 29.0 Å². The van der Waals surface area contributed by atoms with Gasteiger partial charge in [-0.1, -0.05) is 29.8 Å².